The number of morpholine rings is 1. The van der Waals surface area contributed by atoms with Crippen molar-refractivity contribution in [2.75, 3.05) is 26.3 Å². The van der Waals surface area contributed by atoms with E-state index < -0.39 is 0 Å². The average Bonchev–Trinajstić information content (AvgIpc) is 2.64. The number of carbonyl (C=O) groups excluding carboxylic acids is 1. The lowest BCUT2D eigenvalue weighted by molar-refractivity contribution is -0.118. The fraction of sp³-hybridized carbons (Fsp3) is 0.526. The monoisotopic (exact) mass is 382 g/mol. The summed E-state index contributed by atoms with van der Waals surface area (Å²) in [5.41, 5.74) is 0.859. The quantitative estimate of drug-likeness (QED) is 0.805. The van der Waals surface area contributed by atoms with Crippen LogP contribution in [0.2, 0.25) is 10.0 Å². The van der Waals surface area contributed by atoms with Gasteiger partial charge in [0.25, 0.3) is 0 Å². The summed E-state index contributed by atoms with van der Waals surface area (Å²) >= 11 is 11.9. The zero-order chi connectivity index (χ0) is 17.6. The maximum absolute atomic E-state index is 12.4. The van der Waals surface area contributed by atoms with Crippen molar-refractivity contribution in [2.24, 2.45) is 0 Å². The Bertz CT molecular complexity index is 630. The molecule has 1 aromatic rings. The second kappa shape index (κ2) is 9.04. The zero-order valence-electron chi connectivity index (χ0n) is 14.2. The summed E-state index contributed by atoms with van der Waals surface area (Å²) < 4.78 is 5.45. The number of halogens is 2. The van der Waals surface area contributed by atoms with Crippen LogP contribution in [0.15, 0.2) is 24.3 Å². The second-order valence-electron chi connectivity index (χ2n) is 6.62. The maximum Gasteiger partial charge on any atom is 0.244 e. The summed E-state index contributed by atoms with van der Waals surface area (Å²) in [6.07, 6.45) is 7.92. The van der Waals surface area contributed by atoms with E-state index in [-0.39, 0.29) is 11.9 Å². The maximum atomic E-state index is 12.4. The standard InChI is InChI=1S/C19H24Cl2N2O2/c20-15-7-5-14(13-16(15)21)6-8-19(24)22-17-3-1-2-4-18(17)23-9-11-25-12-10-23/h5-8,13,17-18H,1-4,9-12H2,(H,22,24)/b8-6+. The molecule has 1 saturated heterocycles. The van der Waals surface area contributed by atoms with E-state index >= 15 is 0 Å². The highest BCUT2D eigenvalue weighted by Gasteiger charge is 2.31. The van der Waals surface area contributed by atoms with Crippen LogP contribution in [0.25, 0.3) is 6.08 Å². The SMILES string of the molecule is O=C(/C=C/c1ccc(Cl)c(Cl)c1)NC1CCCCC1N1CCOCC1. The topological polar surface area (TPSA) is 41.6 Å². The van der Waals surface area contributed by atoms with Crippen LogP contribution in [-0.4, -0.2) is 49.2 Å². The van der Waals surface area contributed by atoms with E-state index in [2.05, 4.69) is 10.2 Å². The van der Waals surface area contributed by atoms with E-state index in [4.69, 9.17) is 27.9 Å². The average molecular weight is 383 g/mol. The van der Waals surface area contributed by atoms with Crippen LogP contribution < -0.4 is 5.32 Å². The number of nitrogens with zero attached hydrogens (tertiary/aromatic N) is 1. The molecular formula is C19H24Cl2N2O2. The number of amides is 1. The molecule has 1 N–H and O–H groups in total. The van der Waals surface area contributed by atoms with Crippen molar-refractivity contribution < 1.29 is 9.53 Å². The van der Waals surface area contributed by atoms with Crippen molar-refractivity contribution in [3.63, 3.8) is 0 Å². The summed E-state index contributed by atoms with van der Waals surface area (Å²) in [4.78, 5) is 14.8. The number of carbonyl (C=O) groups is 1. The summed E-state index contributed by atoms with van der Waals surface area (Å²) in [6.45, 7) is 3.48. The van der Waals surface area contributed by atoms with Gasteiger partial charge in [-0.3, -0.25) is 9.69 Å². The van der Waals surface area contributed by atoms with Crippen LogP contribution in [-0.2, 0) is 9.53 Å². The van der Waals surface area contributed by atoms with Crippen molar-refractivity contribution in [3.8, 4) is 0 Å². The Morgan fingerprint density at radius 1 is 1.16 bits per heavy atom. The molecule has 25 heavy (non-hydrogen) atoms. The molecule has 3 rings (SSSR count). The molecule has 2 atom stereocenters. The molecule has 2 fully saturated rings. The summed E-state index contributed by atoms with van der Waals surface area (Å²) in [6, 6.07) is 5.95. The van der Waals surface area contributed by atoms with Gasteiger partial charge in [-0.25, -0.2) is 0 Å². The lowest BCUT2D eigenvalue weighted by Crippen LogP contribution is -2.55. The van der Waals surface area contributed by atoms with Crippen molar-refractivity contribution in [1.82, 2.24) is 10.2 Å². The predicted molar refractivity (Wildman–Crippen MR) is 102 cm³/mol. The Labute approximate surface area is 159 Å². The molecule has 0 radical (unpaired) electrons. The van der Waals surface area contributed by atoms with Gasteiger partial charge in [-0.15, -0.1) is 0 Å². The summed E-state index contributed by atoms with van der Waals surface area (Å²) in [5, 5.41) is 4.20. The first kappa shape index (κ1) is 18.7. The number of rotatable bonds is 4. The van der Waals surface area contributed by atoms with Gasteiger partial charge in [0.2, 0.25) is 5.91 Å². The molecule has 0 bridgehead atoms. The number of nitrogens with one attached hydrogen (secondary N) is 1. The lowest BCUT2D eigenvalue weighted by Gasteiger charge is -2.41. The zero-order valence-corrected chi connectivity index (χ0v) is 15.7. The highest BCUT2D eigenvalue weighted by atomic mass is 35.5. The van der Waals surface area contributed by atoms with Gasteiger partial charge >= 0.3 is 0 Å². The molecule has 136 valence electrons. The Morgan fingerprint density at radius 3 is 2.68 bits per heavy atom. The Balaban J connectivity index is 1.59. The van der Waals surface area contributed by atoms with E-state index in [9.17, 15) is 4.79 Å². The molecule has 1 amide bonds. The molecule has 6 heteroatoms. The van der Waals surface area contributed by atoms with Gasteiger partial charge in [-0.05, 0) is 36.6 Å². The first-order valence-corrected chi connectivity index (χ1v) is 9.64. The van der Waals surface area contributed by atoms with Crippen LogP contribution in [0, 0.1) is 0 Å². The van der Waals surface area contributed by atoms with Crippen molar-refractivity contribution in [1.29, 1.82) is 0 Å². The van der Waals surface area contributed by atoms with Crippen LogP contribution in [0.4, 0.5) is 0 Å². The molecule has 1 heterocycles. The van der Waals surface area contributed by atoms with Gasteiger partial charge in [-0.1, -0.05) is 42.1 Å². The lowest BCUT2D eigenvalue weighted by atomic mass is 9.88. The Hall–Kier alpha value is -1.07. The fourth-order valence-electron chi connectivity index (χ4n) is 3.64. The minimum atomic E-state index is -0.0590. The molecule has 1 saturated carbocycles. The molecule has 2 aliphatic rings. The van der Waals surface area contributed by atoms with Gasteiger partial charge in [-0.2, -0.15) is 0 Å². The third-order valence-electron chi connectivity index (χ3n) is 4.94. The van der Waals surface area contributed by atoms with Crippen LogP contribution in [0.1, 0.15) is 31.2 Å². The van der Waals surface area contributed by atoms with E-state index in [0.29, 0.717) is 16.1 Å². The minimum Gasteiger partial charge on any atom is -0.379 e. The van der Waals surface area contributed by atoms with Crippen LogP contribution in [0.5, 0.6) is 0 Å². The van der Waals surface area contributed by atoms with Gasteiger partial charge in [0, 0.05) is 31.2 Å². The van der Waals surface area contributed by atoms with Crippen molar-refractivity contribution in [3.05, 3.63) is 39.9 Å². The molecule has 1 aromatic carbocycles. The number of hydrogen-bond donors (Lipinski definition) is 1. The minimum absolute atomic E-state index is 0.0590. The van der Waals surface area contributed by atoms with E-state index in [1.54, 1.807) is 24.3 Å². The van der Waals surface area contributed by atoms with Gasteiger partial charge in [0.05, 0.1) is 23.3 Å². The van der Waals surface area contributed by atoms with Crippen LogP contribution >= 0.6 is 23.2 Å². The van der Waals surface area contributed by atoms with E-state index in [0.717, 1.165) is 44.7 Å². The molecule has 1 aliphatic carbocycles. The first-order chi connectivity index (χ1) is 12.1. The number of ether oxygens (including phenoxy) is 1. The summed E-state index contributed by atoms with van der Waals surface area (Å²) in [5.74, 6) is -0.0590. The van der Waals surface area contributed by atoms with Crippen molar-refractivity contribution >= 4 is 35.2 Å². The molecule has 0 aromatic heterocycles. The van der Waals surface area contributed by atoms with E-state index in [1.165, 1.54) is 12.8 Å². The predicted octanol–water partition coefficient (Wildman–Crippen LogP) is 3.77. The number of hydrogen-bond acceptors (Lipinski definition) is 3. The smallest absolute Gasteiger partial charge is 0.244 e. The van der Waals surface area contributed by atoms with E-state index in [1.807, 2.05) is 6.07 Å². The molecule has 1 aliphatic heterocycles. The molecule has 4 nitrogen and oxygen atoms in total. The number of benzene rings is 1. The third-order valence-corrected chi connectivity index (χ3v) is 5.68. The third kappa shape index (κ3) is 5.20. The first-order valence-electron chi connectivity index (χ1n) is 8.89. The second-order valence-corrected chi connectivity index (χ2v) is 7.44. The largest absolute Gasteiger partial charge is 0.379 e. The van der Waals surface area contributed by atoms with Gasteiger partial charge in [0.1, 0.15) is 0 Å². The normalized spacial score (nSPS) is 25.2. The molecule has 0 spiro atoms. The fourth-order valence-corrected chi connectivity index (χ4v) is 3.95. The molecule has 2 unspecified atom stereocenters. The van der Waals surface area contributed by atoms with Gasteiger partial charge in [0.15, 0.2) is 0 Å². The highest BCUT2D eigenvalue weighted by Crippen LogP contribution is 2.25. The van der Waals surface area contributed by atoms with Crippen molar-refractivity contribution in [2.45, 2.75) is 37.8 Å². The van der Waals surface area contributed by atoms with Crippen LogP contribution in [0.3, 0.4) is 0 Å². The highest BCUT2D eigenvalue weighted by molar-refractivity contribution is 6.42. The van der Waals surface area contributed by atoms with Gasteiger partial charge < -0.3 is 10.1 Å². The Morgan fingerprint density at radius 2 is 1.92 bits per heavy atom. The Kier molecular flexibility index (Phi) is 6.77. The summed E-state index contributed by atoms with van der Waals surface area (Å²) in [7, 11) is 0. The molecular weight excluding hydrogens is 359 g/mol.